The van der Waals surface area contributed by atoms with Crippen LogP contribution in [-0.2, 0) is 0 Å². The molecule has 0 aromatic carbocycles. The highest BCUT2D eigenvalue weighted by atomic mass is 32.1. The molecule has 1 fully saturated rings. The van der Waals surface area contributed by atoms with Crippen LogP contribution < -0.4 is 5.32 Å². The van der Waals surface area contributed by atoms with Crippen molar-refractivity contribution in [3.63, 3.8) is 0 Å². The van der Waals surface area contributed by atoms with E-state index in [2.05, 4.69) is 35.8 Å². The van der Waals surface area contributed by atoms with Gasteiger partial charge in [-0.25, -0.2) is 0 Å². The molecule has 1 N–H and O–H groups in total. The second-order valence-corrected chi connectivity index (χ2v) is 6.10. The summed E-state index contributed by atoms with van der Waals surface area (Å²) in [4.78, 5) is 1.40. The molecule has 1 aromatic heterocycles. The molecule has 98 valence electrons. The molecule has 3 heteroatoms. The summed E-state index contributed by atoms with van der Waals surface area (Å²) in [7, 11) is 0. The van der Waals surface area contributed by atoms with Gasteiger partial charge in [0.05, 0.1) is 12.0 Å². The Hall–Kier alpha value is -0.850. The van der Waals surface area contributed by atoms with Crippen molar-refractivity contribution in [3.8, 4) is 6.07 Å². The highest BCUT2D eigenvalue weighted by Gasteiger charge is 2.25. The molecule has 2 nitrogen and oxygen atoms in total. The van der Waals surface area contributed by atoms with Crippen molar-refractivity contribution in [2.75, 3.05) is 0 Å². The molecule has 0 radical (unpaired) electrons. The maximum atomic E-state index is 9.32. The van der Waals surface area contributed by atoms with Gasteiger partial charge in [-0.05, 0) is 30.7 Å². The van der Waals surface area contributed by atoms with Crippen molar-refractivity contribution in [1.29, 1.82) is 5.26 Å². The normalized spacial score (nSPS) is 26.2. The van der Waals surface area contributed by atoms with E-state index in [-0.39, 0.29) is 5.92 Å². The molecule has 0 bridgehead atoms. The molecular formula is C15H22N2S. The fourth-order valence-corrected chi connectivity index (χ4v) is 3.68. The van der Waals surface area contributed by atoms with Crippen LogP contribution in [0.2, 0.25) is 0 Å². The fraction of sp³-hybridized carbons (Fsp3) is 0.667. The monoisotopic (exact) mass is 262 g/mol. The Morgan fingerprint density at radius 3 is 2.94 bits per heavy atom. The van der Waals surface area contributed by atoms with E-state index in [0.717, 1.165) is 19.3 Å². The summed E-state index contributed by atoms with van der Waals surface area (Å²) >= 11 is 1.81. The Morgan fingerprint density at radius 1 is 1.44 bits per heavy atom. The van der Waals surface area contributed by atoms with E-state index >= 15 is 0 Å². The minimum absolute atomic E-state index is 0.196. The lowest BCUT2D eigenvalue weighted by atomic mass is 9.95. The van der Waals surface area contributed by atoms with Crippen LogP contribution >= 0.6 is 11.3 Å². The maximum Gasteiger partial charge on any atom is 0.0672 e. The Labute approximate surface area is 114 Å². The van der Waals surface area contributed by atoms with Crippen molar-refractivity contribution in [3.05, 3.63) is 22.4 Å². The van der Waals surface area contributed by atoms with E-state index in [0.29, 0.717) is 12.1 Å². The van der Waals surface area contributed by atoms with Crippen molar-refractivity contribution in [1.82, 2.24) is 5.32 Å². The Bertz CT molecular complexity index is 380. The lowest BCUT2D eigenvalue weighted by molar-refractivity contribution is 0.348. The molecule has 3 atom stereocenters. The third-order valence-electron chi connectivity index (χ3n) is 3.89. The van der Waals surface area contributed by atoms with Crippen molar-refractivity contribution in [2.45, 2.75) is 57.5 Å². The molecule has 2 rings (SSSR count). The first-order chi connectivity index (χ1) is 8.85. The minimum atomic E-state index is 0.196. The van der Waals surface area contributed by atoms with Gasteiger partial charge in [0.1, 0.15) is 0 Å². The largest absolute Gasteiger partial charge is 0.305 e. The second-order valence-electron chi connectivity index (χ2n) is 5.12. The van der Waals surface area contributed by atoms with E-state index < -0.39 is 0 Å². The first-order valence-corrected chi connectivity index (χ1v) is 7.92. The maximum absolute atomic E-state index is 9.32. The smallest absolute Gasteiger partial charge is 0.0672 e. The van der Waals surface area contributed by atoms with Gasteiger partial charge in [-0.15, -0.1) is 11.3 Å². The van der Waals surface area contributed by atoms with Crippen LogP contribution in [-0.4, -0.2) is 6.04 Å². The van der Waals surface area contributed by atoms with Gasteiger partial charge in [-0.3, -0.25) is 0 Å². The zero-order valence-electron chi connectivity index (χ0n) is 11.1. The fourth-order valence-electron chi connectivity index (χ4n) is 2.81. The van der Waals surface area contributed by atoms with Crippen LogP contribution in [0.1, 0.15) is 56.4 Å². The quantitative estimate of drug-likeness (QED) is 0.823. The van der Waals surface area contributed by atoms with Gasteiger partial charge in [0, 0.05) is 17.0 Å². The van der Waals surface area contributed by atoms with E-state index in [9.17, 15) is 5.26 Å². The predicted molar refractivity (Wildman–Crippen MR) is 76.5 cm³/mol. The summed E-state index contributed by atoms with van der Waals surface area (Å²) in [6.45, 7) is 2.22. The lowest BCUT2D eigenvalue weighted by Crippen LogP contribution is -2.37. The number of hydrogen-bond donors (Lipinski definition) is 1. The first-order valence-electron chi connectivity index (χ1n) is 7.04. The van der Waals surface area contributed by atoms with E-state index in [1.54, 1.807) is 0 Å². The molecule has 1 aliphatic carbocycles. The van der Waals surface area contributed by atoms with E-state index in [1.165, 1.54) is 24.1 Å². The zero-order chi connectivity index (χ0) is 12.8. The SMILES string of the molecule is CCC(NC1CCCCCC1C#N)c1cccs1. The van der Waals surface area contributed by atoms with Crippen molar-refractivity contribution >= 4 is 11.3 Å². The molecule has 0 saturated heterocycles. The Kier molecular flexibility index (Phi) is 5.22. The van der Waals surface area contributed by atoms with Crippen molar-refractivity contribution in [2.24, 2.45) is 5.92 Å². The van der Waals surface area contributed by atoms with Crippen LogP contribution in [0.4, 0.5) is 0 Å². The molecule has 0 aliphatic heterocycles. The number of nitriles is 1. The number of hydrogen-bond acceptors (Lipinski definition) is 3. The molecule has 18 heavy (non-hydrogen) atoms. The highest BCUT2D eigenvalue weighted by molar-refractivity contribution is 7.10. The topological polar surface area (TPSA) is 35.8 Å². The highest BCUT2D eigenvalue weighted by Crippen LogP contribution is 2.28. The summed E-state index contributed by atoms with van der Waals surface area (Å²) in [6.07, 6.45) is 7.07. The van der Waals surface area contributed by atoms with E-state index in [1.807, 2.05) is 11.3 Å². The minimum Gasteiger partial charge on any atom is -0.305 e. The predicted octanol–water partition coefficient (Wildman–Crippen LogP) is 4.26. The third kappa shape index (κ3) is 3.34. The Morgan fingerprint density at radius 2 is 2.28 bits per heavy atom. The third-order valence-corrected chi connectivity index (χ3v) is 4.88. The summed E-state index contributed by atoms with van der Waals surface area (Å²) < 4.78 is 0. The second kappa shape index (κ2) is 6.92. The summed E-state index contributed by atoms with van der Waals surface area (Å²) in [6, 6.07) is 7.62. The summed E-state index contributed by atoms with van der Waals surface area (Å²) in [5.74, 6) is 0.196. The van der Waals surface area contributed by atoms with Gasteiger partial charge in [-0.1, -0.05) is 32.3 Å². The van der Waals surface area contributed by atoms with Crippen LogP contribution in [0.25, 0.3) is 0 Å². The Balaban J connectivity index is 2.03. The standard InChI is InChI=1S/C15H22N2S/c1-2-13(15-9-6-10-18-15)17-14-8-5-3-4-7-12(14)11-16/h6,9-10,12-14,17H,2-5,7-8H2,1H3. The molecule has 1 aromatic rings. The number of nitrogens with zero attached hydrogens (tertiary/aromatic N) is 1. The van der Waals surface area contributed by atoms with Gasteiger partial charge >= 0.3 is 0 Å². The van der Waals surface area contributed by atoms with Gasteiger partial charge in [0.2, 0.25) is 0 Å². The molecule has 0 spiro atoms. The zero-order valence-corrected chi connectivity index (χ0v) is 11.9. The van der Waals surface area contributed by atoms with Gasteiger partial charge < -0.3 is 5.32 Å². The van der Waals surface area contributed by atoms with Crippen molar-refractivity contribution < 1.29 is 0 Å². The molecular weight excluding hydrogens is 240 g/mol. The molecule has 1 saturated carbocycles. The van der Waals surface area contributed by atoms with Gasteiger partial charge in [-0.2, -0.15) is 5.26 Å². The summed E-state index contributed by atoms with van der Waals surface area (Å²) in [5.41, 5.74) is 0. The number of nitrogens with one attached hydrogen (secondary N) is 1. The molecule has 1 aliphatic rings. The molecule has 3 unspecified atom stereocenters. The van der Waals surface area contributed by atoms with Crippen LogP contribution in [0.15, 0.2) is 17.5 Å². The van der Waals surface area contributed by atoms with Gasteiger partial charge in [0.25, 0.3) is 0 Å². The number of thiophene rings is 1. The van der Waals surface area contributed by atoms with Crippen LogP contribution in [0, 0.1) is 17.2 Å². The first kappa shape index (κ1) is 13.6. The average Bonchev–Trinajstić information content (AvgIpc) is 2.83. The van der Waals surface area contributed by atoms with E-state index in [4.69, 9.17) is 0 Å². The summed E-state index contributed by atoms with van der Waals surface area (Å²) in [5, 5.41) is 15.2. The van der Waals surface area contributed by atoms with Gasteiger partial charge in [0.15, 0.2) is 0 Å². The average molecular weight is 262 g/mol. The molecule has 1 heterocycles. The lowest BCUT2D eigenvalue weighted by Gasteiger charge is -2.26. The van der Waals surface area contributed by atoms with Crippen LogP contribution in [0.5, 0.6) is 0 Å². The van der Waals surface area contributed by atoms with Crippen LogP contribution in [0.3, 0.4) is 0 Å². The molecule has 0 amide bonds. The number of rotatable bonds is 4.